The summed E-state index contributed by atoms with van der Waals surface area (Å²) in [6.07, 6.45) is -0.657. The molecule has 1 atom stereocenters. The zero-order valence-electron chi connectivity index (χ0n) is 20.2. The quantitative estimate of drug-likeness (QED) is 0.487. The number of carbonyl (C=O) groups is 2. The van der Waals surface area contributed by atoms with Crippen LogP contribution in [-0.4, -0.2) is 38.1 Å². The molecule has 186 valence electrons. The number of hydrogen-bond donors (Lipinski definition) is 3. The highest BCUT2D eigenvalue weighted by Gasteiger charge is 2.26. The van der Waals surface area contributed by atoms with Crippen molar-refractivity contribution in [1.82, 2.24) is 10.6 Å². The Morgan fingerprint density at radius 1 is 1.03 bits per heavy atom. The predicted octanol–water partition coefficient (Wildman–Crippen LogP) is 4.41. The van der Waals surface area contributed by atoms with Gasteiger partial charge in [-0.25, -0.2) is 13.2 Å². The van der Waals surface area contributed by atoms with E-state index >= 15 is 0 Å². The van der Waals surface area contributed by atoms with Crippen molar-refractivity contribution in [3.05, 3.63) is 58.6 Å². The Morgan fingerprint density at radius 2 is 1.65 bits per heavy atom. The molecule has 0 spiro atoms. The Bertz CT molecular complexity index is 1130. The van der Waals surface area contributed by atoms with Crippen molar-refractivity contribution in [3.63, 3.8) is 0 Å². The number of benzene rings is 2. The number of carbonyl (C=O) groups excluding carboxylic acids is 2. The summed E-state index contributed by atoms with van der Waals surface area (Å²) >= 11 is 5.87. The molecule has 2 aromatic rings. The van der Waals surface area contributed by atoms with Gasteiger partial charge in [0, 0.05) is 23.2 Å². The van der Waals surface area contributed by atoms with E-state index in [9.17, 15) is 18.0 Å². The van der Waals surface area contributed by atoms with Gasteiger partial charge in [-0.3, -0.25) is 9.52 Å². The second-order valence-corrected chi connectivity index (χ2v) is 11.4. The molecule has 34 heavy (non-hydrogen) atoms. The number of anilines is 1. The molecule has 10 heteroatoms. The lowest BCUT2D eigenvalue weighted by atomic mass is 10.0. The first-order chi connectivity index (χ1) is 15.7. The number of amides is 2. The van der Waals surface area contributed by atoms with Gasteiger partial charge >= 0.3 is 6.09 Å². The second-order valence-electron chi connectivity index (χ2n) is 9.27. The number of hydrogen-bond acceptors (Lipinski definition) is 5. The fourth-order valence-corrected chi connectivity index (χ4v) is 4.27. The van der Waals surface area contributed by atoms with Crippen LogP contribution in [0, 0.1) is 6.92 Å². The fourth-order valence-electron chi connectivity index (χ4n) is 3.03. The van der Waals surface area contributed by atoms with Crippen molar-refractivity contribution in [2.24, 2.45) is 0 Å². The van der Waals surface area contributed by atoms with Gasteiger partial charge in [-0.1, -0.05) is 17.7 Å². The summed E-state index contributed by atoms with van der Waals surface area (Å²) in [5, 5.41) is 5.88. The fraction of sp³-hybridized carbons (Fsp3) is 0.417. The van der Waals surface area contributed by atoms with Gasteiger partial charge in [0.1, 0.15) is 11.6 Å². The first-order valence-corrected chi connectivity index (χ1v) is 12.7. The molecule has 0 radical (unpaired) electrons. The number of nitrogens with one attached hydrogen (secondary N) is 3. The molecule has 2 aromatic carbocycles. The average molecular weight is 510 g/mol. The molecular weight excluding hydrogens is 478 g/mol. The van der Waals surface area contributed by atoms with Crippen LogP contribution in [-0.2, 0) is 26.0 Å². The molecule has 0 aliphatic rings. The summed E-state index contributed by atoms with van der Waals surface area (Å²) < 4.78 is 33.7. The van der Waals surface area contributed by atoms with Gasteiger partial charge in [-0.2, -0.15) is 0 Å². The lowest BCUT2D eigenvalue weighted by Crippen LogP contribution is -2.50. The third-order valence-corrected chi connectivity index (χ3v) is 6.22. The van der Waals surface area contributed by atoms with E-state index in [1.165, 1.54) is 12.1 Å². The molecule has 2 rings (SSSR count). The zero-order valence-corrected chi connectivity index (χ0v) is 21.8. The zero-order chi connectivity index (χ0) is 25.7. The summed E-state index contributed by atoms with van der Waals surface area (Å²) in [6.45, 7) is 10.6. The van der Waals surface area contributed by atoms with Crippen LogP contribution in [0.5, 0.6) is 0 Å². The van der Waals surface area contributed by atoms with E-state index in [0.29, 0.717) is 16.3 Å². The Balaban J connectivity index is 2.31. The molecule has 0 aliphatic carbocycles. The number of aryl methyl sites for hydroxylation is 1. The van der Waals surface area contributed by atoms with E-state index in [1.54, 1.807) is 51.1 Å². The highest BCUT2D eigenvalue weighted by atomic mass is 35.5. The third kappa shape index (κ3) is 8.53. The summed E-state index contributed by atoms with van der Waals surface area (Å²) in [7, 11) is -3.89. The van der Waals surface area contributed by atoms with Gasteiger partial charge in [0.2, 0.25) is 5.91 Å². The van der Waals surface area contributed by atoms with Crippen LogP contribution in [0.4, 0.5) is 10.5 Å². The van der Waals surface area contributed by atoms with E-state index < -0.39 is 33.7 Å². The maximum absolute atomic E-state index is 12.9. The second kappa shape index (κ2) is 11.1. The van der Waals surface area contributed by atoms with E-state index in [4.69, 9.17) is 16.3 Å². The topological polar surface area (TPSA) is 114 Å². The minimum atomic E-state index is -3.89. The lowest BCUT2D eigenvalue weighted by Gasteiger charge is -2.24. The van der Waals surface area contributed by atoms with Gasteiger partial charge in [0.15, 0.2) is 0 Å². The lowest BCUT2D eigenvalue weighted by molar-refractivity contribution is -0.123. The Morgan fingerprint density at radius 3 is 2.21 bits per heavy atom. The van der Waals surface area contributed by atoms with Crippen LogP contribution >= 0.6 is 11.6 Å². The van der Waals surface area contributed by atoms with Gasteiger partial charge in [0.05, 0.1) is 4.90 Å². The Labute approximate surface area is 206 Å². The summed E-state index contributed by atoms with van der Waals surface area (Å²) in [5.41, 5.74) is 1.01. The number of sulfonamides is 1. The van der Waals surface area contributed by atoms with Gasteiger partial charge in [-0.15, -0.1) is 0 Å². The molecular formula is C24H32ClN3O5S. The summed E-state index contributed by atoms with van der Waals surface area (Å²) in [6, 6.07) is 9.83. The van der Waals surface area contributed by atoms with Gasteiger partial charge in [-0.05, 0) is 89.1 Å². The van der Waals surface area contributed by atoms with E-state index in [0.717, 1.165) is 5.56 Å². The van der Waals surface area contributed by atoms with Crippen molar-refractivity contribution in [2.75, 3.05) is 4.72 Å². The first kappa shape index (κ1) is 27.5. The molecule has 2 amide bonds. The molecule has 0 fully saturated rings. The molecule has 0 aliphatic heterocycles. The molecule has 3 N–H and O–H groups in total. The minimum absolute atomic E-state index is 0.0309. The molecule has 0 heterocycles. The summed E-state index contributed by atoms with van der Waals surface area (Å²) in [5.74, 6) is -0.396. The number of ether oxygens (including phenoxy) is 1. The van der Waals surface area contributed by atoms with Crippen LogP contribution in [0.2, 0.25) is 5.02 Å². The SMILES string of the molecule is Cc1ccc(S(=O)(=O)Nc2ccc(Cl)cc2)cc1C[C@H](NC(=O)OC(C)(C)C)C(=O)NC(C)C. The molecule has 0 bridgehead atoms. The average Bonchev–Trinajstić information content (AvgIpc) is 2.68. The van der Waals surface area contributed by atoms with Crippen LogP contribution in [0.1, 0.15) is 45.7 Å². The molecule has 0 saturated heterocycles. The van der Waals surface area contributed by atoms with E-state index in [1.807, 2.05) is 20.8 Å². The molecule has 0 saturated carbocycles. The summed E-state index contributed by atoms with van der Waals surface area (Å²) in [4.78, 5) is 25.2. The number of alkyl carbamates (subject to hydrolysis) is 1. The highest BCUT2D eigenvalue weighted by Crippen LogP contribution is 2.22. The normalized spacial score (nSPS) is 12.7. The van der Waals surface area contributed by atoms with Crippen molar-refractivity contribution >= 4 is 39.3 Å². The van der Waals surface area contributed by atoms with Crippen molar-refractivity contribution < 1.29 is 22.7 Å². The predicted molar refractivity (Wildman–Crippen MR) is 134 cm³/mol. The van der Waals surface area contributed by atoms with Crippen LogP contribution < -0.4 is 15.4 Å². The monoisotopic (exact) mass is 509 g/mol. The maximum Gasteiger partial charge on any atom is 0.408 e. The van der Waals surface area contributed by atoms with Gasteiger partial charge in [0.25, 0.3) is 10.0 Å². The molecule has 8 nitrogen and oxygen atoms in total. The highest BCUT2D eigenvalue weighted by molar-refractivity contribution is 7.92. The minimum Gasteiger partial charge on any atom is -0.444 e. The van der Waals surface area contributed by atoms with Crippen LogP contribution in [0.15, 0.2) is 47.4 Å². The van der Waals surface area contributed by atoms with Crippen LogP contribution in [0.25, 0.3) is 0 Å². The number of rotatable bonds is 8. The van der Waals surface area contributed by atoms with Crippen molar-refractivity contribution in [1.29, 1.82) is 0 Å². The third-order valence-electron chi connectivity index (χ3n) is 4.59. The smallest absolute Gasteiger partial charge is 0.408 e. The molecule has 0 unspecified atom stereocenters. The molecule has 0 aromatic heterocycles. The van der Waals surface area contributed by atoms with Gasteiger partial charge < -0.3 is 15.4 Å². The van der Waals surface area contributed by atoms with Crippen molar-refractivity contribution in [3.8, 4) is 0 Å². The Hall–Kier alpha value is -2.78. The Kier molecular flexibility index (Phi) is 8.96. The standard InChI is InChI=1S/C24H32ClN3O5S/c1-15(2)26-22(29)21(27-23(30)33-24(4,5)6)14-17-13-20(12-7-16(17)3)34(31,32)28-19-10-8-18(25)9-11-19/h7-13,15,21,28H,14H2,1-6H3,(H,26,29)(H,27,30)/t21-/m0/s1. The van der Waals surface area contributed by atoms with Crippen molar-refractivity contribution in [2.45, 2.75) is 70.5 Å². The van der Waals surface area contributed by atoms with Crippen LogP contribution in [0.3, 0.4) is 0 Å². The number of halogens is 1. The first-order valence-electron chi connectivity index (χ1n) is 10.8. The largest absolute Gasteiger partial charge is 0.444 e. The maximum atomic E-state index is 12.9. The van der Waals surface area contributed by atoms with E-state index in [2.05, 4.69) is 15.4 Å². The van der Waals surface area contributed by atoms with E-state index in [-0.39, 0.29) is 17.4 Å².